The molecule has 15 heavy (non-hydrogen) atoms. The maximum absolute atomic E-state index is 11.3. The van der Waals surface area contributed by atoms with Gasteiger partial charge in [-0.1, -0.05) is 0 Å². The maximum Gasteiger partial charge on any atom is 0.234 e. The average molecular weight is 215 g/mol. The quantitative estimate of drug-likeness (QED) is 0.518. The molecule has 4 N–H and O–H groups in total. The van der Waals surface area contributed by atoms with Gasteiger partial charge in [0, 0.05) is 19.6 Å². The molecule has 1 aliphatic rings. The number of carbonyl (C=O) groups is 1. The van der Waals surface area contributed by atoms with Gasteiger partial charge >= 0.3 is 0 Å². The SMILES string of the molecule is CN(CC(=O)NCCN)CC1CC(O)C1. The molecule has 0 aromatic rings. The molecule has 1 amide bonds. The molecule has 0 radical (unpaired) electrons. The number of nitrogens with zero attached hydrogens (tertiary/aromatic N) is 1. The molecule has 0 unspecified atom stereocenters. The molecular formula is C10H21N3O2. The van der Waals surface area contributed by atoms with Crippen LogP contribution in [0.2, 0.25) is 0 Å². The summed E-state index contributed by atoms with van der Waals surface area (Å²) in [7, 11) is 1.92. The minimum atomic E-state index is -0.116. The highest BCUT2D eigenvalue weighted by atomic mass is 16.3. The van der Waals surface area contributed by atoms with Crippen molar-refractivity contribution in [3.05, 3.63) is 0 Å². The van der Waals surface area contributed by atoms with Gasteiger partial charge in [0.1, 0.15) is 0 Å². The molecule has 1 fully saturated rings. The highest BCUT2D eigenvalue weighted by Gasteiger charge is 2.28. The lowest BCUT2D eigenvalue weighted by atomic mass is 9.82. The number of hydrogen-bond acceptors (Lipinski definition) is 4. The van der Waals surface area contributed by atoms with Crippen molar-refractivity contribution in [3.63, 3.8) is 0 Å². The summed E-state index contributed by atoms with van der Waals surface area (Å²) in [5.74, 6) is 0.565. The molecule has 1 saturated carbocycles. The van der Waals surface area contributed by atoms with Crippen molar-refractivity contribution in [2.75, 3.05) is 33.2 Å². The standard InChI is InChI=1S/C10H21N3O2/c1-13(6-8-4-9(14)5-8)7-10(15)12-3-2-11/h8-9,14H,2-7,11H2,1H3,(H,12,15). The monoisotopic (exact) mass is 215 g/mol. The van der Waals surface area contributed by atoms with Crippen molar-refractivity contribution in [2.45, 2.75) is 18.9 Å². The number of nitrogens with one attached hydrogen (secondary N) is 1. The number of nitrogens with two attached hydrogens (primary N) is 1. The molecule has 0 bridgehead atoms. The van der Waals surface area contributed by atoms with Crippen LogP contribution < -0.4 is 11.1 Å². The molecule has 1 aliphatic carbocycles. The molecule has 0 spiro atoms. The van der Waals surface area contributed by atoms with E-state index in [4.69, 9.17) is 10.8 Å². The maximum atomic E-state index is 11.3. The van der Waals surface area contributed by atoms with Crippen LogP contribution in [0.15, 0.2) is 0 Å². The van der Waals surface area contributed by atoms with Gasteiger partial charge in [-0.3, -0.25) is 9.69 Å². The molecule has 1 rings (SSSR count). The van der Waals surface area contributed by atoms with Crippen LogP contribution in [0.3, 0.4) is 0 Å². The fourth-order valence-electron chi connectivity index (χ4n) is 1.87. The number of likely N-dealkylation sites (N-methyl/N-ethyl adjacent to an activating group) is 1. The first kappa shape index (κ1) is 12.4. The molecular weight excluding hydrogens is 194 g/mol. The van der Waals surface area contributed by atoms with E-state index in [2.05, 4.69) is 5.32 Å². The van der Waals surface area contributed by atoms with E-state index in [9.17, 15) is 4.79 Å². The Morgan fingerprint density at radius 2 is 2.27 bits per heavy atom. The second kappa shape index (κ2) is 6.05. The van der Waals surface area contributed by atoms with Crippen molar-refractivity contribution in [2.24, 2.45) is 11.7 Å². The van der Waals surface area contributed by atoms with Crippen LogP contribution in [0.25, 0.3) is 0 Å². The molecule has 5 heteroatoms. The van der Waals surface area contributed by atoms with E-state index in [0.29, 0.717) is 25.6 Å². The van der Waals surface area contributed by atoms with Crippen LogP contribution in [-0.2, 0) is 4.79 Å². The van der Waals surface area contributed by atoms with E-state index in [0.717, 1.165) is 19.4 Å². The molecule has 0 aromatic heterocycles. The Morgan fingerprint density at radius 1 is 1.60 bits per heavy atom. The number of carbonyl (C=O) groups excluding carboxylic acids is 1. The third kappa shape index (κ3) is 4.59. The van der Waals surface area contributed by atoms with E-state index in [1.54, 1.807) is 0 Å². The fourth-order valence-corrected chi connectivity index (χ4v) is 1.87. The van der Waals surface area contributed by atoms with Gasteiger partial charge in [-0.15, -0.1) is 0 Å². The number of rotatable bonds is 6. The summed E-state index contributed by atoms with van der Waals surface area (Å²) in [6.07, 6.45) is 1.62. The number of aliphatic hydroxyl groups excluding tert-OH is 1. The highest BCUT2D eigenvalue weighted by Crippen LogP contribution is 2.27. The lowest BCUT2D eigenvalue weighted by Gasteiger charge is -2.34. The second-order valence-electron chi connectivity index (χ2n) is 4.33. The highest BCUT2D eigenvalue weighted by molar-refractivity contribution is 5.77. The van der Waals surface area contributed by atoms with Gasteiger partial charge < -0.3 is 16.2 Å². The normalized spacial score (nSPS) is 25.1. The third-order valence-electron chi connectivity index (χ3n) is 2.66. The summed E-state index contributed by atoms with van der Waals surface area (Å²) in [6.45, 7) is 2.30. The summed E-state index contributed by atoms with van der Waals surface area (Å²) in [5.41, 5.74) is 5.28. The topological polar surface area (TPSA) is 78.6 Å². The minimum Gasteiger partial charge on any atom is -0.393 e. The molecule has 88 valence electrons. The fraction of sp³-hybridized carbons (Fsp3) is 0.900. The average Bonchev–Trinajstić information content (AvgIpc) is 2.12. The van der Waals surface area contributed by atoms with Crippen LogP contribution in [-0.4, -0.2) is 55.2 Å². The van der Waals surface area contributed by atoms with Gasteiger partial charge in [0.2, 0.25) is 5.91 Å². The lowest BCUT2D eigenvalue weighted by Crippen LogP contribution is -2.42. The van der Waals surface area contributed by atoms with Crippen molar-refractivity contribution in [1.82, 2.24) is 10.2 Å². The Labute approximate surface area is 90.6 Å². The number of amides is 1. The Bertz CT molecular complexity index is 205. The third-order valence-corrected chi connectivity index (χ3v) is 2.66. The lowest BCUT2D eigenvalue weighted by molar-refractivity contribution is -0.122. The molecule has 0 heterocycles. The largest absolute Gasteiger partial charge is 0.393 e. The molecule has 0 saturated heterocycles. The Hall–Kier alpha value is -0.650. The first-order chi connectivity index (χ1) is 7.11. The smallest absolute Gasteiger partial charge is 0.234 e. The zero-order valence-electron chi connectivity index (χ0n) is 9.28. The van der Waals surface area contributed by atoms with Gasteiger partial charge in [-0.05, 0) is 25.8 Å². The van der Waals surface area contributed by atoms with Gasteiger partial charge in [-0.2, -0.15) is 0 Å². The molecule has 0 aliphatic heterocycles. The van der Waals surface area contributed by atoms with E-state index < -0.39 is 0 Å². The first-order valence-corrected chi connectivity index (χ1v) is 5.45. The van der Waals surface area contributed by atoms with Crippen LogP contribution >= 0.6 is 0 Å². The summed E-state index contributed by atoms with van der Waals surface area (Å²) >= 11 is 0. The Morgan fingerprint density at radius 3 is 2.80 bits per heavy atom. The number of aliphatic hydroxyl groups is 1. The zero-order chi connectivity index (χ0) is 11.3. The zero-order valence-corrected chi connectivity index (χ0v) is 9.28. The number of hydrogen-bond donors (Lipinski definition) is 3. The molecule has 0 aromatic carbocycles. The van der Waals surface area contributed by atoms with Crippen LogP contribution in [0.1, 0.15) is 12.8 Å². The minimum absolute atomic E-state index is 0.0165. The van der Waals surface area contributed by atoms with Crippen LogP contribution in [0.4, 0.5) is 0 Å². The van der Waals surface area contributed by atoms with E-state index in [-0.39, 0.29) is 12.0 Å². The van der Waals surface area contributed by atoms with Gasteiger partial charge in [0.15, 0.2) is 0 Å². The predicted molar refractivity (Wildman–Crippen MR) is 58.3 cm³/mol. The van der Waals surface area contributed by atoms with Crippen LogP contribution in [0, 0.1) is 5.92 Å². The van der Waals surface area contributed by atoms with Crippen molar-refractivity contribution in [3.8, 4) is 0 Å². The van der Waals surface area contributed by atoms with Crippen molar-refractivity contribution >= 4 is 5.91 Å². The van der Waals surface area contributed by atoms with Gasteiger partial charge in [-0.25, -0.2) is 0 Å². The molecule has 5 nitrogen and oxygen atoms in total. The first-order valence-electron chi connectivity index (χ1n) is 5.45. The predicted octanol–water partition coefficient (Wildman–Crippen LogP) is -1.24. The Balaban J connectivity index is 2.07. The summed E-state index contributed by atoms with van der Waals surface area (Å²) in [6, 6.07) is 0. The van der Waals surface area contributed by atoms with Crippen molar-refractivity contribution in [1.29, 1.82) is 0 Å². The summed E-state index contributed by atoms with van der Waals surface area (Å²) in [5, 5.41) is 11.8. The van der Waals surface area contributed by atoms with E-state index in [1.165, 1.54) is 0 Å². The summed E-state index contributed by atoms with van der Waals surface area (Å²) < 4.78 is 0. The Kier molecular flexibility index (Phi) is 5.01. The van der Waals surface area contributed by atoms with E-state index in [1.807, 2.05) is 11.9 Å². The van der Waals surface area contributed by atoms with Crippen LogP contribution in [0.5, 0.6) is 0 Å². The van der Waals surface area contributed by atoms with Gasteiger partial charge in [0.05, 0.1) is 12.6 Å². The summed E-state index contributed by atoms with van der Waals surface area (Å²) in [4.78, 5) is 13.3. The van der Waals surface area contributed by atoms with Gasteiger partial charge in [0.25, 0.3) is 0 Å². The van der Waals surface area contributed by atoms with Crippen molar-refractivity contribution < 1.29 is 9.90 Å². The second-order valence-corrected chi connectivity index (χ2v) is 4.33. The molecule has 0 atom stereocenters. The van der Waals surface area contributed by atoms with E-state index >= 15 is 0 Å².